The topological polar surface area (TPSA) is 32.3 Å². The fraction of sp³-hybridized carbons (Fsp3) is 0.333. The maximum Gasteiger partial charge on any atom is 0.187 e. The number of benzene rings is 1. The second kappa shape index (κ2) is 7.15. The summed E-state index contributed by atoms with van der Waals surface area (Å²) < 4.78 is 25.9. The number of phenolic OH excluding ortho intramolecular Hbond substituents is 1. The number of halogens is 2. The lowest BCUT2D eigenvalue weighted by Crippen LogP contribution is -2.16. The number of terminal acetylenes is 1. The first-order valence-corrected chi connectivity index (χ1v) is 6.19. The summed E-state index contributed by atoms with van der Waals surface area (Å²) in [6.07, 6.45) is 5.08. The van der Waals surface area contributed by atoms with Crippen LogP contribution in [0, 0.1) is 24.0 Å². The molecule has 0 aliphatic rings. The van der Waals surface area contributed by atoms with Crippen LogP contribution in [0.1, 0.15) is 5.56 Å². The van der Waals surface area contributed by atoms with Crippen molar-refractivity contribution in [2.75, 3.05) is 18.1 Å². The minimum absolute atomic E-state index is 0.352. The van der Waals surface area contributed by atoms with Gasteiger partial charge >= 0.3 is 0 Å². The number of aromatic hydroxyl groups is 1. The van der Waals surface area contributed by atoms with E-state index in [0.717, 1.165) is 17.9 Å². The molecule has 0 radical (unpaired) electrons. The summed E-state index contributed by atoms with van der Waals surface area (Å²) in [6, 6.07) is 2.22. The van der Waals surface area contributed by atoms with Crippen molar-refractivity contribution in [2.24, 2.45) is 0 Å². The van der Waals surface area contributed by atoms with E-state index in [1.54, 1.807) is 11.8 Å². The Bertz CT molecular complexity index is 394. The minimum atomic E-state index is -0.941. The van der Waals surface area contributed by atoms with Crippen LogP contribution in [0.3, 0.4) is 0 Å². The highest BCUT2D eigenvalue weighted by molar-refractivity contribution is 7.99. The summed E-state index contributed by atoms with van der Waals surface area (Å²) in [5.41, 5.74) is 0.458. The summed E-state index contributed by atoms with van der Waals surface area (Å²) in [6.45, 7) is 1.06. The van der Waals surface area contributed by atoms with Crippen molar-refractivity contribution in [3.63, 3.8) is 0 Å². The standard InChI is InChI=1S/C12H13F2NOS/c1-2-4-17-5-3-15-8-9-6-10(13)12(16)11(14)7-9/h1,6-7,15-16H,3-5,8H2. The van der Waals surface area contributed by atoms with Crippen LogP contribution in [0.4, 0.5) is 8.78 Å². The number of hydrogen-bond acceptors (Lipinski definition) is 3. The fourth-order valence-corrected chi connectivity index (χ4v) is 1.78. The van der Waals surface area contributed by atoms with E-state index in [9.17, 15) is 8.78 Å². The van der Waals surface area contributed by atoms with E-state index in [-0.39, 0.29) is 0 Å². The van der Waals surface area contributed by atoms with Crippen LogP contribution in [0.15, 0.2) is 12.1 Å². The molecule has 2 nitrogen and oxygen atoms in total. The van der Waals surface area contributed by atoms with Crippen LogP contribution in [0.5, 0.6) is 5.75 Å². The molecule has 0 fully saturated rings. The number of rotatable bonds is 6. The quantitative estimate of drug-likeness (QED) is 0.605. The van der Waals surface area contributed by atoms with Gasteiger partial charge in [0.25, 0.3) is 0 Å². The SMILES string of the molecule is C#CCSCCNCc1cc(F)c(O)c(F)c1. The average molecular weight is 257 g/mol. The van der Waals surface area contributed by atoms with Crippen LogP contribution >= 0.6 is 11.8 Å². The maximum absolute atomic E-state index is 13.0. The summed E-state index contributed by atoms with van der Waals surface area (Å²) in [5.74, 6) is 1.19. The zero-order valence-corrected chi connectivity index (χ0v) is 9.99. The van der Waals surface area contributed by atoms with Crippen LogP contribution in [0.2, 0.25) is 0 Å². The number of nitrogens with one attached hydrogen (secondary N) is 1. The highest BCUT2D eigenvalue weighted by Gasteiger charge is 2.08. The molecule has 17 heavy (non-hydrogen) atoms. The lowest BCUT2D eigenvalue weighted by atomic mass is 10.2. The van der Waals surface area contributed by atoms with Crippen molar-refractivity contribution in [2.45, 2.75) is 6.54 Å². The number of phenols is 1. The van der Waals surface area contributed by atoms with Crippen LogP contribution in [0.25, 0.3) is 0 Å². The molecule has 0 heterocycles. The second-order valence-electron chi connectivity index (χ2n) is 3.34. The maximum atomic E-state index is 13.0. The van der Waals surface area contributed by atoms with Gasteiger partial charge in [-0.1, -0.05) is 5.92 Å². The molecule has 0 bridgehead atoms. The third-order valence-electron chi connectivity index (χ3n) is 2.01. The van der Waals surface area contributed by atoms with E-state index in [1.165, 1.54) is 0 Å². The zero-order valence-electron chi connectivity index (χ0n) is 9.17. The fourth-order valence-electron chi connectivity index (χ4n) is 1.23. The molecule has 0 atom stereocenters. The van der Waals surface area contributed by atoms with Gasteiger partial charge in [-0.05, 0) is 17.7 Å². The normalized spacial score (nSPS) is 10.2. The molecule has 0 saturated heterocycles. The molecule has 0 saturated carbocycles. The number of hydrogen-bond donors (Lipinski definition) is 2. The van der Waals surface area contributed by atoms with Crippen molar-refractivity contribution in [1.29, 1.82) is 0 Å². The Morgan fingerprint density at radius 2 is 2.00 bits per heavy atom. The third kappa shape index (κ3) is 4.63. The summed E-state index contributed by atoms with van der Waals surface area (Å²) >= 11 is 1.61. The molecule has 2 N–H and O–H groups in total. The molecule has 1 aromatic carbocycles. The molecule has 1 aromatic rings. The van der Waals surface area contributed by atoms with E-state index < -0.39 is 17.4 Å². The lowest BCUT2D eigenvalue weighted by Gasteiger charge is -2.06. The molecule has 0 spiro atoms. The van der Waals surface area contributed by atoms with E-state index in [2.05, 4.69) is 11.2 Å². The molecular formula is C12H13F2NOS. The van der Waals surface area contributed by atoms with Gasteiger partial charge < -0.3 is 10.4 Å². The van der Waals surface area contributed by atoms with Crippen molar-refractivity contribution in [3.8, 4) is 18.1 Å². The van der Waals surface area contributed by atoms with Gasteiger partial charge in [-0.3, -0.25) is 0 Å². The molecule has 92 valence electrons. The first-order valence-electron chi connectivity index (χ1n) is 5.04. The molecule has 0 aliphatic carbocycles. The van der Waals surface area contributed by atoms with E-state index in [0.29, 0.717) is 24.4 Å². The number of thioether (sulfide) groups is 1. The molecule has 0 aliphatic heterocycles. The van der Waals surface area contributed by atoms with E-state index in [1.807, 2.05) is 0 Å². The Labute approximate surface area is 103 Å². The molecular weight excluding hydrogens is 244 g/mol. The Morgan fingerprint density at radius 1 is 1.35 bits per heavy atom. The first-order chi connectivity index (χ1) is 8.15. The minimum Gasteiger partial charge on any atom is -0.503 e. The zero-order chi connectivity index (χ0) is 12.7. The smallest absolute Gasteiger partial charge is 0.187 e. The molecule has 0 unspecified atom stereocenters. The van der Waals surface area contributed by atoms with Crippen molar-refractivity contribution in [1.82, 2.24) is 5.32 Å². The van der Waals surface area contributed by atoms with Crippen molar-refractivity contribution < 1.29 is 13.9 Å². The van der Waals surface area contributed by atoms with E-state index in [4.69, 9.17) is 11.5 Å². The van der Waals surface area contributed by atoms with Gasteiger partial charge in [-0.2, -0.15) is 0 Å². The van der Waals surface area contributed by atoms with Crippen molar-refractivity contribution in [3.05, 3.63) is 29.3 Å². The summed E-state index contributed by atoms with van der Waals surface area (Å²) in [5, 5.41) is 11.9. The summed E-state index contributed by atoms with van der Waals surface area (Å²) in [7, 11) is 0. The predicted octanol–water partition coefficient (Wildman–Crippen LogP) is 2.13. The molecule has 0 aromatic heterocycles. The average Bonchev–Trinajstić information content (AvgIpc) is 2.30. The lowest BCUT2D eigenvalue weighted by molar-refractivity contribution is 0.395. The Morgan fingerprint density at radius 3 is 2.59 bits per heavy atom. The Hall–Kier alpha value is -1.25. The van der Waals surface area contributed by atoms with Gasteiger partial charge in [0, 0.05) is 18.8 Å². The third-order valence-corrected chi connectivity index (χ3v) is 2.88. The van der Waals surface area contributed by atoms with Crippen LogP contribution in [-0.4, -0.2) is 23.2 Å². The highest BCUT2D eigenvalue weighted by Crippen LogP contribution is 2.21. The monoisotopic (exact) mass is 257 g/mol. The first kappa shape index (κ1) is 13.8. The molecule has 0 amide bonds. The molecule has 5 heteroatoms. The van der Waals surface area contributed by atoms with Crippen LogP contribution in [-0.2, 0) is 6.54 Å². The van der Waals surface area contributed by atoms with Gasteiger partial charge in [-0.15, -0.1) is 18.2 Å². The van der Waals surface area contributed by atoms with Gasteiger partial charge in [0.15, 0.2) is 17.4 Å². The van der Waals surface area contributed by atoms with Gasteiger partial charge in [0.05, 0.1) is 5.75 Å². The van der Waals surface area contributed by atoms with Gasteiger partial charge in [0.1, 0.15) is 0 Å². The van der Waals surface area contributed by atoms with E-state index >= 15 is 0 Å². The highest BCUT2D eigenvalue weighted by atomic mass is 32.2. The molecule has 1 rings (SSSR count). The summed E-state index contributed by atoms with van der Waals surface area (Å²) in [4.78, 5) is 0. The van der Waals surface area contributed by atoms with Gasteiger partial charge in [-0.25, -0.2) is 8.78 Å². The van der Waals surface area contributed by atoms with Gasteiger partial charge in [0.2, 0.25) is 0 Å². The van der Waals surface area contributed by atoms with Crippen LogP contribution < -0.4 is 5.32 Å². The Balaban J connectivity index is 2.35. The largest absolute Gasteiger partial charge is 0.503 e. The predicted molar refractivity (Wildman–Crippen MR) is 65.9 cm³/mol. The second-order valence-corrected chi connectivity index (χ2v) is 4.45. The Kier molecular flexibility index (Phi) is 5.81. The van der Waals surface area contributed by atoms with Crippen molar-refractivity contribution >= 4 is 11.8 Å².